The molecule has 70 valence electrons. The van der Waals surface area contributed by atoms with Crippen molar-refractivity contribution >= 4 is 33.0 Å². The molecule has 0 aliphatic carbocycles. The topological polar surface area (TPSA) is 37.3 Å². The van der Waals surface area contributed by atoms with Gasteiger partial charge < -0.3 is 5.11 Å². The van der Waals surface area contributed by atoms with E-state index in [0.29, 0.717) is 17.2 Å². The maximum atomic E-state index is 10.6. The standard InChI is InChI=1S/C11H7BrO2/c12-9-3-1-2-7-4-5-8(6-13)11(14)10(7)9/h1-6,14H. The highest BCUT2D eigenvalue weighted by Gasteiger charge is 2.07. The minimum atomic E-state index is 0.0324. The maximum absolute atomic E-state index is 10.6. The van der Waals surface area contributed by atoms with E-state index in [9.17, 15) is 9.90 Å². The zero-order chi connectivity index (χ0) is 10.1. The van der Waals surface area contributed by atoms with Crippen LogP contribution in [0.3, 0.4) is 0 Å². The van der Waals surface area contributed by atoms with Crippen LogP contribution in [0.5, 0.6) is 5.75 Å². The lowest BCUT2D eigenvalue weighted by atomic mass is 10.1. The molecule has 0 aliphatic rings. The summed E-state index contributed by atoms with van der Waals surface area (Å²) in [5.74, 6) is 0.0324. The summed E-state index contributed by atoms with van der Waals surface area (Å²) >= 11 is 3.34. The third-order valence-corrected chi connectivity index (χ3v) is 2.79. The van der Waals surface area contributed by atoms with Crippen molar-refractivity contribution in [2.75, 3.05) is 0 Å². The van der Waals surface area contributed by atoms with Crippen molar-refractivity contribution in [1.82, 2.24) is 0 Å². The second kappa shape index (κ2) is 3.42. The van der Waals surface area contributed by atoms with Gasteiger partial charge in [0.25, 0.3) is 0 Å². The van der Waals surface area contributed by atoms with Gasteiger partial charge in [-0.25, -0.2) is 0 Å². The average molecular weight is 251 g/mol. The van der Waals surface area contributed by atoms with Gasteiger partial charge in [0, 0.05) is 9.86 Å². The Morgan fingerprint density at radius 1 is 1.21 bits per heavy atom. The summed E-state index contributed by atoms with van der Waals surface area (Å²) in [7, 11) is 0. The SMILES string of the molecule is O=Cc1ccc2cccc(Br)c2c1O. The molecule has 0 fully saturated rings. The van der Waals surface area contributed by atoms with Crippen molar-refractivity contribution in [3.63, 3.8) is 0 Å². The van der Waals surface area contributed by atoms with E-state index < -0.39 is 0 Å². The number of phenols is 1. The molecule has 0 bridgehead atoms. The molecule has 0 spiro atoms. The van der Waals surface area contributed by atoms with Gasteiger partial charge in [-0.15, -0.1) is 0 Å². The summed E-state index contributed by atoms with van der Waals surface area (Å²) in [5, 5.41) is 11.4. The van der Waals surface area contributed by atoms with Gasteiger partial charge in [-0.3, -0.25) is 4.79 Å². The second-order valence-electron chi connectivity index (χ2n) is 2.96. The molecule has 14 heavy (non-hydrogen) atoms. The van der Waals surface area contributed by atoms with Crippen LogP contribution in [-0.4, -0.2) is 11.4 Å². The van der Waals surface area contributed by atoms with E-state index in [1.807, 2.05) is 24.3 Å². The van der Waals surface area contributed by atoms with Gasteiger partial charge >= 0.3 is 0 Å². The minimum Gasteiger partial charge on any atom is -0.507 e. The van der Waals surface area contributed by atoms with Crippen molar-refractivity contribution in [1.29, 1.82) is 0 Å². The van der Waals surface area contributed by atoms with Crippen LogP contribution in [0.25, 0.3) is 10.8 Å². The van der Waals surface area contributed by atoms with E-state index in [-0.39, 0.29) is 5.75 Å². The van der Waals surface area contributed by atoms with Crippen LogP contribution in [0.1, 0.15) is 10.4 Å². The van der Waals surface area contributed by atoms with Gasteiger partial charge in [0.15, 0.2) is 6.29 Å². The first-order valence-corrected chi connectivity index (χ1v) is 4.88. The van der Waals surface area contributed by atoms with E-state index in [1.54, 1.807) is 6.07 Å². The first-order valence-electron chi connectivity index (χ1n) is 4.09. The molecule has 2 rings (SSSR count). The van der Waals surface area contributed by atoms with Gasteiger partial charge in [-0.05, 0) is 17.5 Å². The Balaban J connectivity index is 2.93. The minimum absolute atomic E-state index is 0.0324. The van der Waals surface area contributed by atoms with Gasteiger partial charge in [0.05, 0.1) is 5.56 Å². The van der Waals surface area contributed by atoms with Gasteiger partial charge in [-0.1, -0.05) is 34.1 Å². The molecule has 3 heteroatoms. The Hall–Kier alpha value is -1.35. The summed E-state index contributed by atoms with van der Waals surface area (Å²) in [4.78, 5) is 10.6. The summed E-state index contributed by atoms with van der Waals surface area (Å²) in [6.07, 6.45) is 0.647. The number of halogens is 1. The molecule has 0 radical (unpaired) electrons. The van der Waals surface area contributed by atoms with Crippen molar-refractivity contribution in [2.24, 2.45) is 0 Å². The lowest BCUT2D eigenvalue weighted by Crippen LogP contribution is -1.83. The number of carbonyl (C=O) groups is 1. The first kappa shape index (κ1) is 9.21. The number of carbonyl (C=O) groups excluding carboxylic acids is 1. The molecule has 0 amide bonds. The summed E-state index contributed by atoms with van der Waals surface area (Å²) in [6.45, 7) is 0. The number of benzene rings is 2. The van der Waals surface area contributed by atoms with Crippen molar-refractivity contribution in [3.05, 3.63) is 40.4 Å². The van der Waals surface area contributed by atoms with Gasteiger partial charge in [-0.2, -0.15) is 0 Å². The fraction of sp³-hybridized carbons (Fsp3) is 0. The Bertz CT molecular complexity index is 506. The second-order valence-corrected chi connectivity index (χ2v) is 3.81. The third-order valence-electron chi connectivity index (χ3n) is 2.13. The fourth-order valence-corrected chi connectivity index (χ4v) is 2.00. The van der Waals surface area contributed by atoms with Crippen molar-refractivity contribution in [3.8, 4) is 5.75 Å². The van der Waals surface area contributed by atoms with Crippen molar-refractivity contribution in [2.45, 2.75) is 0 Å². The molecule has 0 atom stereocenters. The highest BCUT2D eigenvalue weighted by atomic mass is 79.9. The zero-order valence-corrected chi connectivity index (χ0v) is 8.78. The maximum Gasteiger partial charge on any atom is 0.153 e. The van der Waals surface area contributed by atoms with Crippen LogP contribution < -0.4 is 0 Å². The molecular formula is C11H7BrO2. The molecule has 0 heterocycles. The first-order chi connectivity index (χ1) is 6.74. The van der Waals surface area contributed by atoms with E-state index in [4.69, 9.17) is 0 Å². The molecule has 0 saturated carbocycles. The average Bonchev–Trinajstić information content (AvgIpc) is 2.18. The van der Waals surface area contributed by atoms with Crippen molar-refractivity contribution < 1.29 is 9.90 Å². The highest BCUT2D eigenvalue weighted by Crippen LogP contribution is 2.33. The van der Waals surface area contributed by atoms with Crippen LogP contribution in [0, 0.1) is 0 Å². The number of aromatic hydroxyl groups is 1. The molecular weight excluding hydrogens is 244 g/mol. The molecule has 0 saturated heterocycles. The third kappa shape index (κ3) is 1.30. The molecule has 0 aromatic heterocycles. The van der Waals surface area contributed by atoms with Gasteiger partial charge in [0.2, 0.25) is 0 Å². The molecule has 2 aromatic rings. The van der Waals surface area contributed by atoms with Crippen LogP contribution in [0.4, 0.5) is 0 Å². The number of aldehydes is 1. The quantitative estimate of drug-likeness (QED) is 0.790. The van der Waals surface area contributed by atoms with Crippen LogP contribution >= 0.6 is 15.9 Å². The Morgan fingerprint density at radius 3 is 2.71 bits per heavy atom. The smallest absolute Gasteiger partial charge is 0.153 e. The number of hydrogen-bond donors (Lipinski definition) is 1. The molecule has 0 aliphatic heterocycles. The van der Waals surface area contributed by atoms with Crippen LogP contribution in [0.2, 0.25) is 0 Å². The molecule has 0 unspecified atom stereocenters. The monoisotopic (exact) mass is 250 g/mol. The number of phenolic OH excluding ortho intramolecular Hbond substituents is 1. The Morgan fingerprint density at radius 2 is 2.00 bits per heavy atom. The zero-order valence-electron chi connectivity index (χ0n) is 7.20. The van der Waals surface area contributed by atoms with Gasteiger partial charge in [0.1, 0.15) is 5.75 Å². The summed E-state index contributed by atoms with van der Waals surface area (Å²) in [5.41, 5.74) is 0.310. The largest absolute Gasteiger partial charge is 0.507 e. The lowest BCUT2D eigenvalue weighted by Gasteiger charge is -2.04. The van der Waals surface area contributed by atoms with E-state index in [0.717, 1.165) is 9.86 Å². The Labute approximate surface area is 89.3 Å². The lowest BCUT2D eigenvalue weighted by molar-refractivity contribution is 0.112. The number of hydrogen-bond acceptors (Lipinski definition) is 2. The molecule has 2 nitrogen and oxygen atoms in total. The normalized spacial score (nSPS) is 10.4. The predicted octanol–water partition coefficient (Wildman–Crippen LogP) is 3.12. The predicted molar refractivity (Wildman–Crippen MR) is 58.7 cm³/mol. The number of fused-ring (bicyclic) bond motifs is 1. The highest BCUT2D eigenvalue weighted by molar-refractivity contribution is 9.10. The Kier molecular flexibility index (Phi) is 2.25. The summed E-state index contributed by atoms with van der Waals surface area (Å²) in [6, 6.07) is 9.01. The van der Waals surface area contributed by atoms with E-state index >= 15 is 0 Å². The van der Waals surface area contributed by atoms with E-state index in [2.05, 4.69) is 15.9 Å². The van der Waals surface area contributed by atoms with E-state index in [1.165, 1.54) is 0 Å². The number of rotatable bonds is 1. The molecule has 1 N–H and O–H groups in total. The van der Waals surface area contributed by atoms with Crippen LogP contribution in [-0.2, 0) is 0 Å². The summed E-state index contributed by atoms with van der Waals surface area (Å²) < 4.78 is 0.788. The van der Waals surface area contributed by atoms with Crippen LogP contribution in [0.15, 0.2) is 34.8 Å². The fourth-order valence-electron chi connectivity index (χ4n) is 1.43. The molecule has 2 aromatic carbocycles.